The van der Waals surface area contributed by atoms with Crippen molar-refractivity contribution in [2.24, 2.45) is 0 Å². The van der Waals surface area contributed by atoms with Crippen LogP contribution in [0.3, 0.4) is 0 Å². The van der Waals surface area contributed by atoms with Crippen molar-refractivity contribution in [3.63, 3.8) is 0 Å². The Kier molecular flexibility index (Phi) is 6.19. The zero-order valence-corrected chi connectivity index (χ0v) is 14.9. The van der Waals surface area contributed by atoms with Gasteiger partial charge in [-0.15, -0.1) is 10.2 Å². The van der Waals surface area contributed by atoms with E-state index >= 15 is 0 Å². The molecule has 1 aromatic heterocycles. The van der Waals surface area contributed by atoms with Crippen LogP contribution >= 0.6 is 0 Å². The van der Waals surface area contributed by atoms with E-state index in [0.29, 0.717) is 30.1 Å². The van der Waals surface area contributed by atoms with Crippen molar-refractivity contribution in [2.75, 3.05) is 6.54 Å². The van der Waals surface area contributed by atoms with Crippen molar-refractivity contribution in [1.82, 2.24) is 25.9 Å². The Labute approximate surface area is 160 Å². The lowest BCUT2D eigenvalue weighted by molar-refractivity contribution is -0.116. The molecule has 28 heavy (non-hydrogen) atoms. The van der Waals surface area contributed by atoms with E-state index in [1.54, 1.807) is 12.1 Å². The van der Waals surface area contributed by atoms with E-state index in [0.717, 1.165) is 5.56 Å². The molecule has 0 radical (unpaired) electrons. The van der Waals surface area contributed by atoms with Crippen molar-refractivity contribution in [1.29, 1.82) is 0 Å². The van der Waals surface area contributed by atoms with E-state index in [2.05, 4.69) is 25.9 Å². The summed E-state index contributed by atoms with van der Waals surface area (Å²) in [7, 11) is 0. The average Bonchev–Trinajstić information content (AvgIpc) is 3.22. The standard InChI is InChI=1S/C19H19N5O4/c25-16-7-3-14(11-17(16)26)4-8-19(27)20-10-9-13-1-5-15(6-2-13)28-12-18-21-23-24-22-18/h1-8,11,25-26H,9-10,12H2,(H,20,27)(H,21,22,23,24)/b8-4+. The number of rotatable bonds is 8. The minimum atomic E-state index is -0.243. The van der Waals surface area contributed by atoms with Crippen LogP contribution in [-0.4, -0.2) is 43.3 Å². The summed E-state index contributed by atoms with van der Waals surface area (Å²) in [6.45, 7) is 0.712. The van der Waals surface area contributed by atoms with Gasteiger partial charge in [-0.05, 0) is 47.9 Å². The maximum Gasteiger partial charge on any atom is 0.244 e. The van der Waals surface area contributed by atoms with Crippen molar-refractivity contribution < 1.29 is 19.7 Å². The molecule has 0 aliphatic rings. The molecule has 144 valence electrons. The van der Waals surface area contributed by atoms with Crippen molar-refractivity contribution in [3.8, 4) is 17.2 Å². The van der Waals surface area contributed by atoms with Crippen LogP contribution in [-0.2, 0) is 17.8 Å². The van der Waals surface area contributed by atoms with E-state index in [9.17, 15) is 15.0 Å². The number of benzene rings is 2. The SMILES string of the molecule is O=C(/C=C/c1ccc(O)c(O)c1)NCCc1ccc(OCc2nn[nH]n2)cc1. The summed E-state index contributed by atoms with van der Waals surface area (Å²) < 4.78 is 5.54. The van der Waals surface area contributed by atoms with Crippen LogP contribution in [0.4, 0.5) is 0 Å². The summed E-state index contributed by atoms with van der Waals surface area (Å²) >= 11 is 0. The molecule has 0 atom stereocenters. The number of aromatic hydroxyl groups is 2. The molecule has 3 rings (SSSR count). The predicted molar refractivity (Wildman–Crippen MR) is 100 cm³/mol. The van der Waals surface area contributed by atoms with Gasteiger partial charge in [-0.25, -0.2) is 0 Å². The normalized spacial score (nSPS) is 10.9. The molecule has 2 aromatic carbocycles. The highest BCUT2D eigenvalue weighted by Crippen LogP contribution is 2.25. The lowest BCUT2D eigenvalue weighted by Gasteiger charge is -2.06. The number of phenols is 2. The molecule has 0 saturated carbocycles. The number of hydrogen-bond acceptors (Lipinski definition) is 7. The third kappa shape index (κ3) is 5.56. The first-order valence-electron chi connectivity index (χ1n) is 8.52. The van der Waals surface area contributed by atoms with Gasteiger partial charge in [0.1, 0.15) is 5.75 Å². The molecule has 1 amide bonds. The summed E-state index contributed by atoms with van der Waals surface area (Å²) in [5.74, 6) is 0.493. The molecule has 0 fully saturated rings. The number of aromatic amines is 1. The quantitative estimate of drug-likeness (QED) is 0.344. The molecule has 0 aliphatic heterocycles. The fourth-order valence-corrected chi connectivity index (χ4v) is 2.35. The topological polar surface area (TPSA) is 133 Å². The van der Waals surface area contributed by atoms with Gasteiger partial charge >= 0.3 is 0 Å². The average molecular weight is 381 g/mol. The predicted octanol–water partition coefficient (Wildman–Crippen LogP) is 1.56. The molecule has 4 N–H and O–H groups in total. The Morgan fingerprint density at radius 1 is 1.14 bits per heavy atom. The first-order valence-corrected chi connectivity index (χ1v) is 8.52. The molecule has 0 saturated heterocycles. The van der Waals surface area contributed by atoms with Gasteiger partial charge in [0, 0.05) is 12.6 Å². The number of ether oxygens (including phenoxy) is 1. The zero-order chi connectivity index (χ0) is 19.8. The molecular formula is C19H19N5O4. The van der Waals surface area contributed by atoms with E-state index in [1.165, 1.54) is 18.2 Å². The molecule has 9 nitrogen and oxygen atoms in total. The van der Waals surface area contributed by atoms with Gasteiger partial charge in [0.15, 0.2) is 18.1 Å². The second-order valence-corrected chi connectivity index (χ2v) is 5.88. The third-order valence-electron chi connectivity index (χ3n) is 3.82. The largest absolute Gasteiger partial charge is 0.504 e. The lowest BCUT2D eigenvalue weighted by Crippen LogP contribution is -2.23. The number of hydrogen-bond donors (Lipinski definition) is 4. The summed E-state index contributed by atoms with van der Waals surface area (Å²) in [6, 6.07) is 11.9. The Bertz CT molecular complexity index is 939. The molecule has 0 unspecified atom stereocenters. The molecule has 0 spiro atoms. The number of phenolic OH excluding ortho intramolecular Hbond substituents is 2. The van der Waals surface area contributed by atoms with Gasteiger partial charge in [0.2, 0.25) is 11.7 Å². The zero-order valence-electron chi connectivity index (χ0n) is 14.9. The van der Waals surface area contributed by atoms with Crippen LogP contribution in [0, 0.1) is 0 Å². The number of amides is 1. The van der Waals surface area contributed by atoms with E-state index < -0.39 is 0 Å². The Morgan fingerprint density at radius 3 is 2.68 bits per heavy atom. The monoisotopic (exact) mass is 381 g/mol. The van der Waals surface area contributed by atoms with Crippen molar-refractivity contribution in [3.05, 3.63) is 65.5 Å². The first kappa shape index (κ1) is 18.9. The van der Waals surface area contributed by atoms with Gasteiger partial charge in [0.05, 0.1) is 0 Å². The van der Waals surface area contributed by atoms with Gasteiger partial charge in [-0.3, -0.25) is 4.79 Å². The fourth-order valence-electron chi connectivity index (χ4n) is 2.35. The highest BCUT2D eigenvalue weighted by atomic mass is 16.5. The number of nitrogens with one attached hydrogen (secondary N) is 2. The second kappa shape index (κ2) is 9.17. The molecule has 0 aliphatic carbocycles. The van der Waals surface area contributed by atoms with Crippen LogP contribution in [0.2, 0.25) is 0 Å². The molecule has 3 aromatic rings. The van der Waals surface area contributed by atoms with E-state index in [1.807, 2.05) is 24.3 Å². The van der Waals surface area contributed by atoms with Crippen molar-refractivity contribution in [2.45, 2.75) is 13.0 Å². The summed E-state index contributed by atoms with van der Waals surface area (Å²) in [5, 5.41) is 34.9. The lowest BCUT2D eigenvalue weighted by atomic mass is 10.1. The van der Waals surface area contributed by atoms with Crippen LogP contribution < -0.4 is 10.1 Å². The van der Waals surface area contributed by atoms with E-state index in [-0.39, 0.29) is 24.0 Å². The summed E-state index contributed by atoms with van der Waals surface area (Å²) in [6.07, 6.45) is 3.61. The van der Waals surface area contributed by atoms with Gasteiger partial charge in [-0.2, -0.15) is 5.21 Å². The molecule has 9 heteroatoms. The summed E-state index contributed by atoms with van der Waals surface area (Å²) in [5.41, 5.74) is 1.67. The Morgan fingerprint density at radius 2 is 1.96 bits per heavy atom. The van der Waals surface area contributed by atoms with Crippen LogP contribution in [0.1, 0.15) is 17.0 Å². The number of aromatic nitrogens is 4. The fraction of sp³-hybridized carbons (Fsp3) is 0.158. The van der Waals surface area contributed by atoms with Crippen LogP contribution in [0.25, 0.3) is 6.08 Å². The first-order chi connectivity index (χ1) is 13.6. The number of carbonyl (C=O) groups excluding carboxylic acids is 1. The maximum atomic E-state index is 11.9. The maximum absolute atomic E-state index is 11.9. The van der Waals surface area contributed by atoms with Gasteiger partial charge in [0.25, 0.3) is 0 Å². The number of nitrogens with zero attached hydrogens (tertiary/aromatic N) is 3. The number of H-pyrrole nitrogens is 1. The van der Waals surface area contributed by atoms with Gasteiger partial charge in [-0.1, -0.05) is 23.4 Å². The van der Waals surface area contributed by atoms with Gasteiger partial charge < -0.3 is 20.3 Å². The van der Waals surface area contributed by atoms with Crippen LogP contribution in [0.15, 0.2) is 48.5 Å². The number of carbonyl (C=O) groups is 1. The highest BCUT2D eigenvalue weighted by molar-refractivity contribution is 5.91. The third-order valence-corrected chi connectivity index (χ3v) is 3.82. The highest BCUT2D eigenvalue weighted by Gasteiger charge is 2.02. The van der Waals surface area contributed by atoms with Crippen LogP contribution in [0.5, 0.6) is 17.2 Å². The van der Waals surface area contributed by atoms with Crippen molar-refractivity contribution >= 4 is 12.0 Å². The second-order valence-electron chi connectivity index (χ2n) is 5.88. The Hall–Kier alpha value is -3.88. The Balaban J connectivity index is 1.40. The minimum Gasteiger partial charge on any atom is -0.504 e. The smallest absolute Gasteiger partial charge is 0.244 e. The summed E-state index contributed by atoms with van der Waals surface area (Å²) in [4.78, 5) is 11.9. The van der Waals surface area contributed by atoms with E-state index in [4.69, 9.17) is 4.74 Å². The molecule has 1 heterocycles. The molecular weight excluding hydrogens is 362 g/mol. The number of tetrazole rings is 1. The minimum absolute atomic E-state index is 0.201. The molecule has 0 bridgehead atoms.